The number of carboxylic acid groups (broad SMARTS) is 1. The number of ether oxygens (including phenoxy) is 2. The third kappa shape index (κ3) is 4.34. The van der Waals surface area contributed by atoms with E-state index >= 15 is 0 Å². The highest BCUT2D eigenvalue weighted by Crippen LogP contribution is 2.21. The predicted octanol–water partition coefficient (Wildman–Crippen LogP) is 2.72. The van der Waals surface area contributed by atoms with E-state index in [1.54, 1.807) is 31.4 Å². The number of benzene rings is 1. The number of carboxylic acids is 1. The highest BCUT2D eigenvalue weighted by Gasteiger charge is 2.18. The summed E-state index contributed by atoms with van der Waals surface area (Å²) < 4.78 is 10.5. The molecule has 17 heavy (non-hydrogen) atoms. The van der Waals surface area contributed by atoms with Crippen molar-refractivity contribution < 1.29 is 19.4 Å². The normalized spacial score (nSPS) is 11.9. The van der Waals surface area contributed by atoms with Gasteiger partial charge in [0, 0.05) is 6.07 Å². The Kier molecular flexibility index (Phi) is 5.33. The molecule has 0 radical (unpaired) electrons. The number of rotatable bonds is 7. The zero-order valence-electron chi connectivity index (χ0n) is 10.2. The van der Waals surface area contributed by atoms with Gasteiger partial charge in [-0.15, -0.1) is 0 Å². The van der Waals surface area contributed by atoms with Crippen LogP contribution in [0.4, 0.5) is 0 Å². The van der Waals surface area contributed by atoms with Crippen LogP contribution in [-0.2, 0) is 4.79 Å². The molecular weight excluding hydrogens is 220 g/mol. The molecule has 1 aromatic carbocycles. The fourth-order valence-corrected chi connectivity index (χ4v) is 1.46. The Bertz CT molecular complexity index is 362. The number of aliphatic carboxylic acids is 1. The topological polar surface area (TPSA) is 55.8 Å². The molecule has 4 nitrogen and oxygen atoms in total. The summed E-state index contributed by atoms with van der Waals surface area (Å²) in [5.74, 6) is 0.247. The summed E-state index contributed by atoms with van der Waals surface area (Å²) in [7, 11) is 1.56. The van der Waals surface area contributed by atoms with Gasteiger partial charge in [0.25, 0.3) is 0 Å². The Balaban J connectivity index is 2.67. The van der Waals surface area contributed by atoms with Crippen LogP contribution in [0.15, 0.2) is 24.3 Å². The Morgan fingerprint density at radius 3 is 2.71 bits per heavy atom. The Hall–Kier alpha value is -1.71. The molecule has 1 N–H and O–H groups in total. The number of methoxy groups -OCH3 is 1. The lowest BCUT2D eigenvalue weighted by Crippen LogP contribution is -2.26. The van der Waals surface area contributed by atoms with Gasteiger partial charge in [0.1, 0.15) is 11.5 Å². The number of unbranched alkanes of at least 4 members (excludes halogenated alkanes) is 1. The zero-order chi connectivity index (χ0) is 12.7. The molecule has 1 rings (SSSR count). The van der Waals surface area contributed by atoms with Gasteiger partial charge < -0.3 is 14.6 Å². The zero-order valence-corrected chi connectivity index (χ0v) is 10.2. The first-order valence-electron chi connectivity index (χ1n) is 5.71. The lowest BCUT2D eigenvalue weighted by molar-refractivity contribution is -0.145. The van der Waals surface area contributed by atoms with Crippen molar-refractivity contribution in [2.24, 2.45) is 0 Å². The third-order valence-corrected chi connectivity index (χ3v) is 2.41. The predicted molar refractivity (Wildman–Crippen MR) is 64.6 cm³/mol. The van der Waals surface area contributed by atoms with Crippen molar-refractivity contribution in [1.29, 1.82) is 0 Å². The fourth-order valence-electron chi connectivity index (χ4n) is 1.46. The molecule has 4 heteroatoms. The molecule has 1 unspecified atom stereocenters. The Morgan fingerprint density at radius 1 is 1.41 bits per heavy atom. The van der Waals surface area contributed by atoms with E-state index in [-0.39, 0.29) is 0 Å². The standard InChI is InChI=1S/C13H18O4/c1-3-4-8-12(13(14)15)17-11-7-5-6-10(9-11)16-2/h5-7,9,12H,3-4,8H2,1-2H3,(H,14,15). The molecule has 0 bridgehead atoms. The molecule has 0 aliphatic carbocycles. The SMILES string of the molecule is CCCCC(Oc1cccc(OC)c1)C(=O)O. The van der Waals surface area contributed by atoms with E-state index in [0.717, 1.165) is 12.8 Å². The van der Waals surface area contributed by atoms with Crippen LogP contribution >= 0.6 is 0 Å². The van der Waals surface area contributed by atoms with Crippen molar-refractivity contribution >= 4 is 5.97 Å². The van der Waals surface area contributed by atoms with Gasteiger partial charge in [0.05, 0.1) is 7.11 Å². The number of hydrogen-bond acceptors (Lipinski definition) is 3. The smallest absolute Gasteiger partial charge is 0.344 e. The molecular formula is C13H18O4. The maximum Gasteiger partial charge on any atom is 0.344 e. The van der Waals surface area contributed by atoms with Crippen molar-refractivity contribution in [3.05, 3.63) is 24.3 Å². The lowest BCUT2D eigenvalue weighted by atomic mass is 10.1. The average Bonchev–Trinajstić information content (AvgIpc) is 2.34. The molecule has 0 aromatic heterocycles. The van der Waals surface area contributed by atoms with Crippen LogP contribution in [-0.4, -0.2) is 24.3 Å². The van der Waals surface area contributed by atoms with Gasteiger partial charge >= 0.3 is 5.97 Å². The lowest BCUT2D eigenvalue weighted by Gasteiger charge is -2.15. The molecule has 1 aromatic rings. The van der Waals surface area contributed by atoms with Crippen molar-refractivity contribution in [3.63, 3.8) is 0 Å². The molecule has 0 aliphatic heterocycles. The van der Waals surface area contributed by atoms with Crippen molar-refractivity contribution in [2.45, 2.75) is 32.3 Å². The first-order valence-corrected chi connectivity index (χ1v) is 5.71. The first-order chi connectivity index (χ1) is 8.17. The Morgan fingerprint density at radius 2 is 2.12 bits per heavy atom. The van der Waals surface area contributed by atoms with E-state index < -0.39 is 12.1 Å². The molecule has 0 saturated carbocycles. The quantitative estimate of drug-likeness (QED) is 0.793. The highest BCUT2D eigenvalue weighted by atomic mass is 16.5. The summed E-state index contributed by atoms with van der Waals surface area (Å²) >= 11 is 0. The van der Waals surface area contributed by atoms with E-state index in [9.17, 15) is 4.79 Å². The average molecular weight is 238 g/mol. The highest BCUT2D eigenvalue weighted by molar-refractivity contribution is 5.72. The molecule has 0 spiro atoms. The van der Waals surface area contributed by atoms with Gasteiger partial charge in [0.2, 0.25) is 0 Å². The first kappa shape index (κ1) is 13.4. The molecule has 0 aliphatic rings. The van der Waals surface area contributed by atoms with Crippen LogP contribution in [0.5, 0.6) is 11.5 Å². The summed E-state index contributed by atoms with van der Waals surface area (Å²) in [5, 5.41) is 9.03. The van der Waals surface area contributed by atoms with Gasteiger partial charge in [0.15, 0.2) is 6.10 Å². The minimum Gasteiger partial charge on any atom is -0.497 e. The van der Waals surface area contributed by atoms with E-state index in [2.05, 4.69) is 0 Å². The Labute approximate surface area is 101 Å². The van der Waals surface area contributed by atoms with Crippen molar-refractivity contribution in [1.82, 2.24) is 0 Å². The van der Waals surface area contributed by atoms with Crippen LogP contribution < -0.4 is 9.47 Å². The number of hydrogen-bond donors (Lipinski definition) is 1. The van der Waals surface area contributed by atoms with Crippen molar-refractivity contribution in [3.8, 4) is 11.5 Å². The second-order valence-corrected chi connectivity index (χ2v) is 3.77. The molecule has 0 fully saturated rings. The molecule has 94 valence electrons. The summed E-state index contributed by atoms with van der Waals surface area (Å²) in [6, 6.07) is 6.97. The van der Waals surface area contributed by atoms with Gasteiger partial charge in [-0.25, -0.2) is 4.79 Å². The van der Waals surface area contributed by atoms with Crippen LogP contribution in [0.1, 0.15) is 26.2 Å². The summed E-state index contributed by atoms with van der Waals surface area (Å²) in [6.07, 6.45) is 1.51. The van der Waals surface area contributed by atoms with Gasteiger partial charge in [-0.2, -0.15) is 0 Å². The van der Waals surface area contributed by atoms with E-state index in [1.807, 2.05) is 6.92 Å². The number of carbonyl (C=O) groups is 1. The maximum atomic E-state index is 11.0. The fraction of sp³-hybridized carbons (Fsp3) is 0.462. The summed E-state index contributed by atoms with van der Waals surface area (Å²) in [6.45, 7) is 2.02. The summed E-state index contributed by atoms with van der Waals surface area (Å²) in [5.41, 5.74) is 0. The van der Waals surface area contributed by atoms with E-state index in [1.165, 1.54) is 0 Å². The van der Waals surface area contributed by atoms with E-state index in [0.29, 0.717) is 17.9 Å². The minimum atomic E-state index is -0.929. The van der Waals surface area contributed by atoms with E-state index in [4.69, 9.17) is 14.6 Å². The summed E-state index contributed by atoms with van der Waals surface area (Å²) in [4.78, 5) is 11.0. The molecule has 0 heterocycles. The van der Waals surface area contributed by atoms with Crippen LogP contribution in [0.2, 0.25) is 0 Å². The largest absolute Gasteiger partial charge is 0.497 e. The van der Waals surface area contributed by atoms with Crippen LogP contribution in [0, 0.1) is 0 Å². The molecule has 0 saturated heterocycles. The second-order valence-electron chi connectivity index (χ2n) is 3.77. The monoisotopic (exact) mass is 238 g/mol. The van der Waals surface area contributed by atoms with Gasteiger partial charge in [-0.1, -0.05) is 19.4 Å². The third-order valence-electron chi connectivity index (χ3n) is 2.41. The van der Waals surface area contributed by atoms with Gasteiger partial charge in [-0.05, 0) is 25.0 Å². The van der Waals surface area contributed by atoms with Gasteiger partial charge in [-0.3, -0.25) is 0 Å². The second kappa shape index (κ2) is 6.78. The maximum absolute atomic E-state index is 11.0. The van der Waals surface area contributed by atoms with Crippen LogP contribution in [0.3, 0.4) is 0 Å². The molecule has 1 atom stereocenters. The molecule has 0 amide bonds. The minimum absolute atomic E-state index is 0.517. The van der Waals surface area contributed by atoms with Crippen molar-refractivity contribution in [2.75, 3.05) is 7.11 Å². The van der Waals surface area contributed by atoms with Crippen LogP contribution in [0.25, 0.3) is 0 Å².